The highest BCUT2D eigenvalue weighted by Crippen LogP contribution is 2.15. The van der Waals surface area contributed by atoms with Crippen molar-refractivity contribution >= 4 is 24.3 Å². The first-order valence-electron chi connectivity index (χ1n) is 3.86. The van der Waals surface area contributed by atoms with Gasteiger partial charge in [0, 0.05) is 0 Å². The maximum Gasteiger partial charge on any atom is 0.306 e. The van der Waals surface area contributed by atoms with Crippen molar-refractivity contribution < 1.29 is 14.7 Å². The van der Waals surface area contributed by atoms with Crippen molar-refractivity contribution in [3.8, 4) is 0 Å². The van der Waals surface area contributed by atoms with E-state index in [0.717, 1.165) is 0 Å². The van der Waals surface area contributed by atoms with E-state index in [2.05, 4.69) is 5.32 Å². The first-order chi connectivity index (χ1) is 5.61. The van der Waals surface area contributed by atoms with Gasteiger partial charge in [0.05, 0.1) is 12.0 Å². The second-order valence-electron chi connectivity index (χ2n) is 2.97. The molecule has 0 spiro atoms. The van der Waals surface area contributed by atoms with E-state index in [0.29, 0.717) is 19.4 Å². The minimum atomic E-state index is -0.845. The summed E-state index contributed by atoms with van der Waals surface area (Å²) >= 11 is 0. The molecule has 1 rings (SSSR count). The molecule has 2 atom stereocenters. The molecule has 6 heteroatoms. The number of carboxylic acid groups (broad SMARTS) is 1. The molecule has 13 heavy (non-hydrogen) atoms. The number of piperidine rings is 1. The summed E-state index contributed by atoms with van der Waals surface area (Å²) in [6, 6.07) is -0.472. The van der Waals surface area contributed by atoms with Gasteiger partial charge in [-0.25, -0.2) is 0 Å². The van der Waals surface area contributed by atoms with Crippen LogP contribution < -0.4 is 11.1 Å². The van der Waals surface area contributed by atoms with Crippen molar-refractivity contribution in [2.24, 2.45) is 11.7 Å². The van der Waals surface area contributed by atoms with E-state index in [4.69, 9.17) is 10.8 Å². The third-order valence-corrected chi connectivity index (χ3v) is 2.10. The van der Waals surface area contributed by atoms with Crippen molar-refractivity contribution in [1.82, 2.24) is 5.32 Å². The molecule has 0 aromatic carbocycles. The van der Waals surface area contributed by atoms with Crippen LogP contribution >= 0.6 is 12.4 Å². The van der Waals surface area contributed by atoms with Crippen LogP contribution in [0.3, 0.4) is 0 Å². The first kappa shape index (κ1) is 12.2. The first-order valence-corrected chi connectivity index (χ1v) is 3.86. The summed E-state index contributed by atoms with van der Waals surface area (Å²) in [5.41, 5.74) is 5.04. The van der Waals surface area contributed by atoms with Crippen molar-refractivity contribution in [2.75, 3.05) is 6.54 Å². The fourth-order valence-electron chi connectivity index (χ4n) is 1.36. The number of amides is 1. The highest BCUT2D eigenvalue weighted by atomic mass is 35.5. The predicted molar refractivity (Wildman–Crippen MR) is 48.6 cm³/mol. The van der Waals surface area contributed by atoms with Crippen LogP contribution in [0.4, 0.5) is 0 Å². The molecule has 1 aliphatic heterocycles. The number of hydrogen-bond donors (Lipinski definition) is 3. The zero-order valence-electron chi connectivity index (χ0n) is 7.03. The summed E-state index contributed by atoms with van der Waals surface area (Å²) in [4.78, 5) is 21.2. The number of hydrogen-bond acceptors (Lipinski definition) is 3. The van der Waals surface area contributed by atoms with Gasteiger partial charge < -0.3 is 16.2 Å². The molecule has 0 aliphatic carbocycles. The Balaban J connectivity index is 0.00000144. The number of nitrogens with two attached hydrogens (primary N) is 1. The Kier molecular flexibility index (Phi) is 4.72. The van der Waals surface area contributed by atoms with Gasteiger partial charge in [-0.2, -0.15) is 0 Å². The summed E-state index contributed by atoms with van der Waals surface area (Å²) in [6.07, 6.45) is 0.879. The molecule has 1 aliphatic rings. The van der Waals surface area contributed by atoms with Crippen molar-refractivity contribution in [3.05, 3.63) is 0 Å². The van der Waals surface area contributed by atoms with Crippen LogP contribution in [0.15, 0.2) is 0 Å². The highest BCUT2D eigenvalue weighted by Gasteiger charge is 2.29. The lowest BCUT2D eigenvalue weighted by atomic mass is 9.92. The van der Waals surface area contributed by atoms with E-state index in [1.165, 1.54) is 0 Å². The number of carboxylic acids is 1. The van der Waals surface area contributed by atoms with E-state index in [9.17, 15) is 9.59 Å². The number of nitrogens with one attached hydrogen (secondary N) is 1. The summed E-state index contributed by atoms with van der Waals surface area (Å²) in [5.74, 6) is -1.74. The Morgan fingerprint density at radius 3 is 2.54 bits per heavy atom. The molecule has 0 radical (unpaired) electrons. The van der Waals surface area contributed by atoms with Crippen LogP contribution in [0.25, 0.3) is 0 Å². The second kappa shape index (κ2) is 5.04. The van der Waals surface area contributed by atoms with Crippen molar-refractivity contribution in [1.29, 1.82) is 0 Å². The molecule has 2 unspecified atom stereocenters. The van der Waals surface area contributed by atoms with Crippen LogP contribution in [0.1, 0.15) is 12.8 Å². The van der Waals surface area contributed by atoms with E-state index < -0.39 is 23.8 Å². The molecule has 4 N–H and O–H groups in total. The number of aliphatic carboxylic acids is 1. The summed E-state index contributed by atoms with van der Waals surface area (Å²) in [5, 5.41) is 11.5. The zero-order valence-corrected chi connectivity index (χ0v) is 7.84. The average molecular weight is 209 g/mol. The molecule has 1 amide bonds. The quantitative estimate of drug-likeness (QED) is 0.562. The van der Waals surface area contributed by atoms with Gasteiger partial charge in [-0.3, -0.25) is 9.59 Å². The Hall–Kier alpha value is -0.810. The molecular formula is C7H13ClN2O3. The minimum Gasteiger partial charge on any atom is -0.481 e. The molecule has 1 saturated heterocycles. The highest BCUT2D eigenvalue weighted by molar-refractivity contribution is 5.85. The fraction of sp³-hybridized carbons (Fsp3) is 0.714. The molecule has 76 valence electrons. The molecule has 0 bridgehead atoms. The normalized spacial score (nSPS) is 27.4. The summed E-state index contributed by atoms with van der Waals surface area (Å²) in [7, 11) is 0. The second-order valence-corrected chi connectivity index (χ2v) is 2.97. The van der Waals surface area contributed by atoms with Gasteiger partial charge in [-0.1, -0.05) is 0 Å². The smallest absolute Gasteiger partial charge is 0.306 e. The zero-order chi connectivity index (χ0) is 9.14. The maximum atomic E-state index is 10.7. The number of carbonyl (C=O) groups excluding carboxylic acids is 1. The third kappa shape index (κ3) is 3.20. The van der Waals surface area contributed by atoms with Crippen molar-refractivity contribution in [2.45, 2.75) is 18.9 Å². The van der Waals surface area contributed by atoms with Crippen LogP contribution in [0.2, 0.25) is 0 Å². The topological polar surface area (TPSA) is 92.4 Å². The molecule has 0 saturated carbocycles. The minimum absolute atomic E-state index is 0. The summed E-state index contributed by atoms with van der Waals surface area (Å²) in [6.45, 7) is 0.546. The summed E-state index contributed by atoms with van der Waals surface area (Å²) < 4.78 is 0. The Morgan fingerprint density at radius 1 is 1.46 bits per heavy atom. The number of primary amides is 1. The lowest BCUT2D eigenvalue weighted by Gasteiger charge is -2.25. The van der Waals surface area contributed by atoms with Gasteiger partial charge in [-0.05, 0) is 19.4 Å². The Labute approximate surface area is 82.1 Å². The predicted octanol–water partition coefficient (Wildman–Crippen LogP) is -0.654. The average Bonchev–Trinajstić information content (AvgIpc) is 2.04. The van der Waals surface area contributed by atoms with Crippen molar-refractivity contribution in [3.63, 3.8) is 0 Å². The standard InChI is InChI=1S/C7H12N2O3.ClH/c8-6(10)5-3-4(7(11)12)1-2-9-5;/h4-5,9H,1-3H2,(H2,8,10)(H,11,12);1H. The third-order valence-electron chi connectivity index (χ3n) is 2.10. The molecule has 1 fully saturated rings. The van der Waals surface area contributed by atoms with E-state index >= 15 is 0 Å². The molecule has 0 aromatic rings. The van der Waals surface area contributed by atoms with Gasteiger partial charge in [0.15, 0.2) is 0 Å². The number of carbonyl (C=O) groups is 2. The van der Waals surface area contributed by atoms with E-state index in [1.54, 1.807) is 0 Å². The maximum absolute atomic E-state index is 10.7. The van der Waals surface area contributed by atoms with Gasteiger partial charge in [0.25, 0.3) is 0 Å². The molecule has 5 nitrogen and oxygen atoms in total. The SMILES string of the molecule is Cl.NC(=O)C1CC(C(=O)O)CCN1. The monoisotopic (exact) mass is 208 g/mol. The fourth-order valence-corrected chi connectivity index (χ4v) is 1.36. The lowest BCUT2D eigenvalue weighted by Crippen LogP contribution is -2.48. The number of halogens is 1. The van der Waals surface area contributed by atoms with Crippen LogP contribution in [-0.2, 0) is 9.59 Å². The molecule has 0 aromatic heterocycles. The Bertz CT molecular complexity index is 190. The van der Waals surface area contributed by atoms with Gasteiger partial charge in [-0.15, -0.1) is 12.4 Å². The Morgan fingerprint density at radius 2 is 2.08 bits per heavy atom. The van der Waals surface area contributed by atoms with Gasteiger partial charge >= 0.3 is 5.97 Å². The molecule has 1 heterocycles. The molecular weight excluding hydrogens is 196 g/mol. The van der Waals surface area contributed by atoms with E-state index in [1.807, 2.05) is 0 Å². The van der Waals surface area contributed by atoms with Crippen LogP contribution in [0.5, 0.6) is 0 Å². The van der Waals surface area contributed by atoms with Gasteiger partial charge in [0.2, 0.25) is 5.91 Å². The van der Waals surface area contributed by atoms with Crippen LogP contribution in [0, 0.1) is 5.92 Å². The van der Waals surface area contributed by atoms with Crippen LogP contribution in [-0.4, -0.2) is 29.6 Å². The number of rotatable bonds is 2. The van der Waals surface area contributed by atoms with E-state index in [-0.39, 0.29) is 12.4 Å². The lowest BCUT2D eigenvalue weighted by molar-refractivity contribution is -0.143. The van der Waals surface area contributed by atoms with Gasteiger partial charge in [0.1, 0.15) is 0 Å². The largest absolute Gasteiger partial charge is 0.481 e.